The van der Waals surface area contributed by atoms with Gasteiger partial charge in [-0.25, -0.2) is 10.4 Å². The lowest BCUT2D eigenvalue weighted by molar-refractivity contribution is 0.342. The van der Waals surface area contributed by atoms with E-state index in [1.807, 2.05) is 19.1 Å². The van der Waals surface area contributed by atoms with Crippen LogP contribution in [0.1, 0.15) is 20.3 Å². The van der Waals surface area contributed by atoms with E-state index in [9.17, 15) is 0 Å². The fourth-order valence-electron chi connectivity index (χ4n) is 1.60. The quantitative estimate of drug-likeness (QED) is 0.586. The number of nitrogens with two attached hydrogens (primary N) is 1. The summed E-state index contributed by atoms with van der Waals surface area (Å²) >= 11 is 0. The van der Waals surface area contributed by atoms with E-state index in [2.05, 4.69) is 24.3 Å². The molecule has 0 amide bonds. The molecule has 0 saturated carbocycles. The van der Waals surface area contributed by atoms with Crippen molar-refractivity contribution in [3.8, 4) is 0 Å². The van der Waals surface area contributed by atoms with Gasteiger partial charge < -0.3 is 5.73 Å². The molecular formula is C9H18N4. The van der Waals surface area contributed by atoms with Crippen molar-refractivity contribution in [2.75, 3.05) is 14.1 Å². The Hall–Kier alpha value is -1.03. The Kier molecular flexibility index (Phi) is 2.61. The van der Waals surface area contributed by atoms with Gasteiger partial charge in [0.15, 0.2) is 0 Å². The molecule has 1 aliphatic heterocycles. The first-order valence-electron chi connectivity index (χ1n) is 4.41. The largest absolute Gasteiger partial charge is 0.401 e. The Labute approximate surface area is 79.5 Å². The maximum Gasteiger partial charge on any atom is 0.124 e. The van der Waals surface area contributed by atoms with Crippen LogP contribution in [0.25, 0.3) is 0 Å². The van der Waals surface area contributed by atoms with Gasteiger partial charge in [-0.1, -0.05) is 13.8 Å². The predicted molar refractivity (Wildman–Crippen MR) is 54.9 cm³/mol. The van der Waals surface area contributed by atoms with Gasteiger partial charge in [0.2, 0.25) is 0 Å². The highest BCUT2D eigenvalue weighted by atomic mass is 15.5. The molecular weight excluding hydrogens is 164 g/mol. The molecule has 0 aromatic rings. The number of allylic oxidation sites excluding steroid dienone is 1. The van der Waals surface area contributed by atoms with Crippen molar-refractivity contribution >= 4 is 5.84 Å². The maximum atomic E-state index is 5.73. The van der Waals surface area contributed by atoms with Gasteiger partial charge in [0, 0.05) is 37.8 Å². The van der Waals surface area contributed by atoms with Crippen LogP contribution in [-0.4, -0.2) is 24.9 Å². The first-order chi connectivity index (χ1) is 5.97. The molecule has 0 spiro atoms. The van der Waals surface area contributed by atoms with Gasteiger partial charge >= 0.3 is 0 Å². The average Bonchev–Trinajstić information content (AvgIpc) is 2.01. The van der Waals surface area contributed by atoms with E-state index >= 15 is 0 Å². The summed E-state index contributed by atoms with van der Waals surface area (Å²) in [4.78, 5) is 4.33. The zero-order chi connectivity index (χ0) is 10.1. The molecule has 4 heteroatoms. The number of nitrogens with one attached hydrogen (secondary N) is 1. The fraction of sp³-hybridized carbons (Fsp3) is 0.667. The smallest absolute Gasteiger partial charge is 0.124 e. The summed E-state index contributed by atoms with van der Waals surface area (Å²) in [6.45, 7) is 4.28. The minimum absolute atomic E-state index is 0.0105. The van der Waals surface area contributed by atoms with Crippen molar-refractivity contribution in [3.05, 3.63) is 11.9 Å². The summed E-state index contributed by atoms with van der Waals surface area (Å²) < 4.78 is 0. The molecule has 3 N–H and O–H groups in total. The topological polar surface area (TPSA) is 53.6 Å². The van der Waals surface area contributed by atoms with Crippen molar-refractivity contribution in [3.63, 3.8) is 0 Å². The molecule has 0 bridgehead atoms. The molecule has 0 aromatic heterocycles. The highest BCUT2D eigenvalue weighted by Crippen LogP contribution is 2.29. The van der Waals surface area contributed by atoms with Crippen LogP contribution in [0.2, 0.25) is 0 Å². The Morgan fingerprint density at radius 1 is 1.62 bits per heavy atom. The van der Waals surface area contributed by atoms with Crippen LogP contribution in [0.15, 0.2) is 16.9 Å². The molecule has 4 nitrogen and oxygen atoms in total. The number of hydrazine groups is 1. The van der Waals surface area contributed by atoms with Crippen molar-refractivity contribution in [2.24, 2.45) is 16.1 Å². The lowest BCUT2D eigenvalue weighted by Gasteiger charge is -2.34. The second kappa shape index (κ2) is 3.38. The van der Waals surface area contributed by atoms with Crippen molar-refractivity contribution in [1.29, 1.82) is 0 Å². The van der Waals surface area contributed by atoms with Gasteiger partial charge in [0.1, 0.15) is 5.84 Å². The first-order valence-corrected chi connectivity index (χ1v) is 4.41. The van der Waals surface area contributed by atoms with Crippen molar-refractivity contribution < 1.29 is 0 Å². The monoisotopic (exact) mass is 182 g/mol. The third kappa shape index (κ3) is 2.01. The Bertz CT molecular complexity index is 252. The van der Waals surface area contributed by atoms with Gasteiger partial charge in [0.05, 0.1) is 0 Å². The summed E-state index contributed by atoms with van der Waals surface area (Å²) in [7, 11) is 3.83. The SMILES string of the molecule is CNN(C)C1=NC=C(N)CC1(C)C. The van der Waals surface area contributed by atoms with Crippen LogP contribution in [0.4, 0.5) is 0 Å². The number of hydrogen-bond donors (Lipinski definition) is 2. The van der Waals surface area contributed by atoms with E-state index in [-0.39, 0.29) is 5.41 Å². The number of nitrogens with zero attached hydrogens (tertiary/aromatic N) is 2. The number of hydrogen-bond acceptors (Lipinski definition) is 4. The van der Waals surface area contributed by atoms with Crippen LogP contribution in [-0.2, 0) is 0 Å². The molecule has 1 rings (SSSR count). The molecule has 0 aliphatic carbocycles. The summed E-state index contributed by atoms with van der Waals surface area (Å²) in [5, 5.41) is 1.92. The third-order valence-corrected chi connectivity index (χ3v) is 2.26. The normalized spacial score (nSPS) is 20.6. The maximum absolute atomic E-state index is 5.73. The molecule has 0 atom stereocenters. The Morgan fingerprint density at radius 3 is 2.69 bits per heavy atom. The van der Waals surface area contributed by atoms with Crippen LogP contribution in [0.5, 0.6) is 0 Å². The van der Waals surface area contributed by atoms with Gasteiger partial charge in [-0.15, -0.1) is 0 Å². The number of aliphatic imine (C=N–C) groups is 1. The summed E-state index contributed by atoms with van der Waals surface area (Å²) in [5.74, 6) is 1.02. The van der Waals surface area contributed by atoms with E-state index < -0.39 is 0 Å². The summed E-state index contributed by atoms with van der Waals surface area (Å²) in [5.41, 5.74) is 9.62. The first kappa shape index (κ1) is 10.1. The van der Waals surface area contributed by atoms with Crippen LogP contribution in [0.3, 0.4) is 0 Å². The van der Waals surface area contributed by atoms with Crippen molar-refractivity contribution in [1.82, 2.24) is 10.4 Å². The molecule has 0 fully saturated rings. The van der Waals surface area contributed by atoms with E-state index in [0.717, 1.165) is 18.0 Å². The molecule has 0 unspecified atom stereocenters. The van der Waals surface area contributed by atoms with E-state index in [4.69, 9.17) is 5.73 Å². The van der Waals surface area contributed by atoms with E-state index in [1.54, 1.807) is 6.20 Å². The van der Waals surface area contributed by atoms with Crippen LogP contribution < -0.4 is 11.2 Å². The minimum atomic E-state index is 0.0105. The van der Waals surface area contributed by atoms with E-state index in [0.29, 0.717) is 0 Å². The van der Waals surface area contributed by atoms with Crippen molar-refractivity contribution in [2.45, 2.75) is 20.3 Å². The van der Waals surface area contributed by atoms with Gasteiger partial charge in [-0.3, -0.25) is 5.01 Å². The van der Waals surface area contributed by atoms with Gasteiger partial charge in [-0.05, 0) is 0 Å². The number of rotatable bonds is 1. The van der Waals surface area contributed by atoms with Crippen LogP contribution in [0, 0.1) is 5.41 Å². The molecule has 0 saturated heterocycles. The summed E-state index contributed by atoms with van der Waals surface area (Å²) in [6, 6.07) is 0. The molecule has 1 aliphatic rings. The third-order valence-electron chi connectivity index (χ3n) is 2.26. The second-order valence-corrected chi connectivity index (χ2v) is 4.00. The Morgan fingerprint density at radius 2 is 2.23 bits per heavy atom. The molecule has 13 heavy (non-hydrogen) atoms. The number of amidine groups is 1. The van der Waals surface area contributed by atoms with Gasteiger partial charge in [-0.2, -0.15) is 0 Å². The standard InChI is InChI=1S/C9H18N4/c1-9(2)5-7(10)6-12-8(9)13(4)11-3/h6,11H,5,10H2,1-4H3. The molecule has 0 aromatic carbocycles. The van der Waals surface area contributed by atoms with E-state index in [1.165, 1.54) is 0 Å². The fourth-order valence-corrected chi connectivity index (χ4v) is 1.60. The van der Waals surface area contributed by atoms with Crippen LogP contribution >= 0.6 is 0 Å². The lowest BCUT2D eigenvalue weighted by Crippen LogP contribution is -2.46. The zero-order valence-electron chi connectivity index (χ0n) is 8.76. The minimum Gasteiger partial charge on any atom is -0.401 e. The highest BCUT2D eigenvalue weighted by Gasteiger charge is 2.30. The zero-order valence-corrected chi connectivity index (χ0v) is 8.76. The molecule has 1 heterocycles. The molecule has 0 radical (unpaired) electrons. The predicted octanol–water partition coefficient (Wildman–Crippen LogP) is 0.681. The Balaban J connectivity index is 2.93. The average molecular weight is 182 g/mol. The highest BCUT2D eigenvalue weighted by molar-refractivity contribution is 5.88. The molecule has 74 valence electrons. The summed E-state index contributed by atoms with van der Waals surface area (Å²) in [6.07, 6.45) is 2.59. The lowest BCUT2D eigenvalue weighted by atomic mass is 9.85. The second-order valence-electron chi connectivity index (χ2n) is 4.00. The van der Waals surface area contributed by atoms with Gasteiger partial charge in [0.25, 0.3) is 0 Å².